The molecule has 1 aromatic carbocycles. The van der Waals surface area contributed by atoms with Crippen molar-refractivity contribution in [3.8, 4) is 0 Å². The average molecular weight is 256 g/mol. The summed E-state index contributed by atoms with van der Waals surface area (Å²) in [6.45, 7) is 0. The first-order chi connectivity index (χ1) is 8.48. The van der Waals surface area contributed by atoms with Gasteiger partial charge in [-0.3, -0.25) is 4.79 Å². The lowest BCUT2D eigenvalue weighted by molar-refractivity contribution is -0.136. The summed E-state index contributed by atoms with van der Waals surface area (Å²) in [6, 6.07) is 4.69. The van der Waals surface area contributed by atoms with Gasteiger partial charge < -0.3 is 9.73 Å². The van der Waals surface area contributed by atoms with Crippen LogP contribution in [0.3, 0.4) is 0 Å². The topological polar surface area (TPSA) is 55.1 Å². The number of aromatic nitrogens is 1. The Hall–Kier alpha value is -2.31. The van der Waals surface area contributed by atoms with Crippen molar-refractivity contribution in [3.05, 3.63) is 48.2 Å². The van der Waals surface area contributed by atoms with E-state index in [2.05, 4.69) is 14.7 Å². The minimum absolute atomic E-state index is 0.160. The number of carbonyl (C=O) groups is 1. The van der Waals surface area contributed by atoms with Crippen LogP contribution in [0.15, 0.2) is 41.3 Å². The van der Waals surface area contributed by atoms with Gasteiger partial charge in [0.2, 0.25) is 5.76 Å². The predicted octanol–water partition coefficient (Wildman–Crippen LogP) is 2.95. The van der Waals surface area contributed by atoms with Crippen molar-refractivity contribution in [1.82, 2.24) is 4.98 Å². The number of oxazole rings is 1. The summed E-state index contributed by atoms with van der Waals surface area (Å²) in [6.07, 6.45) is -2.40. The molecule has 0 spiro atoms. The van der Waals surface area contributed by atoms with Crippen LogP contribution in [0.1, 0.15) is 16.1 Å². The first-order valence-electron chi connectivity index (χ1n) is 4.84. The number of carbonyl (C=O) groups excluding carboxylic acids is 1. The number of hydrogen-bond donors (Lipinski definition) is 1. The highest BCUT2D eigenvalue weighted by Crippen LogP contribution is 2.34. The highest BCUT2D eigenvalue weighted by atomic mass is 19.4. The van der Waals surface area contributed by atoms with Crippen LogP contribution in [0.5, 0.6) is 0 Å². The molecule has 0 bridgehead atoms. The van der Waals surface area contributed by atoms with Crippen molar-refractivity contribution in [2.75, 3.05) is 5.32 Å². The largest absolute Gasteiger partial charge is 0.438 e. The van der Waals surface area contributed by atoms with E-state index in [-0.39, 0.29) is 11.4 Å². The van der Waals surface area contributed by atoms with Crippen LogP contribution in [-0.2, 0) is 6.18 Å². The maximum Gasteiger partial charge on any atom is 0.418 e. The van der Waals surface area contributed by atoms with Gasteiger partial charge in [0.05, 0.1) is 17.4 Å². The molecule has 0 aliphatic heterocycles. The van der Waals surface area contributed by atoms with Crippen molar-refractivity contribution in [3.63, 3.8) is 0 Å². The SMILES string of the molecule is O=C(Nc1ccccc1C(F)(F)F)c1cnco1. The second-order valence-corrected chi connectivity index (χ2v) is 3.36. The average Bonchev–Trinajstić information content (AvgIpc) is 2.81. The zero-order chi connectivity index (χ0) is 13.2. The molecule has 1 aromatic heterocycles. The molecule has 0 radical (unpaired) electrons. The summed E-state index contributed by atoms with van der Waals surface area (Å²) < 4.78 is 42.7. The number of amides is 1. The van der Waals surface area contributed by atoms with Crippen molar-refractivity contribution in [2.24, 2.45) is 0 Å². The fraction of sp³-hybridized carbons (Fsp3) is 0.0909. The number of nitrogens with zero attached hydrogens (tertiary/aromatic N) is 1. The molecule has 1 amide bonds. The maximum atomic E-state index is 12.7. The molecule has 0 unspecified atom stereocenters. The second kappa shape index (κ2) is 4.52. The standard InChI is InChI=1S/C11H7F3N2O2/c12-11(13,14)7-3-1-2-4-8(7)16-10(17)9-5-15-6-18-9/h1-6H,(H,16,17). The molecule has 0 fully saturated rings. The van der Waals surface area contributed by atoms with Gasteiger partial charge in [0.25, 0.3) is 5.91 Å². The summed E-state index contributed by atoms with van der Waals surface area (Å²) in [4.78, 5) is 15.0. The first-order valence-corrected chi connectivity index (χ1v) is 4.84. The van der Waals surface area contributed by atoms with Gasteiger partial charge in [-0.25, -0.2) is 4.98 Å². The van der Waals surface area contributed by atoms with E-state index in [4.69, 9.17) is 0 Å². The summed E-state index contributed by atoms with van der Waals surface area (Å²) in [5, 5.41) is 2.13. The number of rotatable bonds is 2. The molecule has 1 heterocycles. The van der Waals surface area contributed by atoms with Gasteiger partial charge in [-0.15, -0.1) is 0 Å². The van der Waals surface area contributed by atoms with Crippen molar-refractivity contribution in [1.29, 1.82) is 0 Å². The van der Waals surface area contributed by atoms with E-state index in [1.807, 2.05) is 0 Å². The molecule has 4 nitrogen and oxygen atoms in total. The highest BCUT2D eigenvalue weighted by Gasteiger charge is 2.33. The third-order valence-electron chi connectivity index (χ3n) is 2.14. The zero-order valence-corrected chi connectivity index (χ0v) is 8.86. The third kappa shape index (κ3) is 2.50. The smallest absolute Gasteiger partial charge is 0.418 e. The van der Waals surface area contributed by atoms with Crippen LogP contribution >= 0.6 is 0 Å². The van der Waals surface area contributed by atoms with Gasteiger partial charge in [-0.1, -0.05) is 12.1 Å². The second-order valence-electron chi connectivity index (χ2n) is 3.36. The molecule has 2 rings (SSSR count). The van der Waals surface area contributed by atoms with E-state index in [1.54, 1.807) is 0 Å². The Kier molecular flexibility index (Phi) is 3.05. The number of hydrogen-bond acceptors (Lipinski definition) is 3. The van der Waals surface area contributed by atoms with Crippen molar-refractivity contribution < 1.29 is 22.4 Å². The molecule has 18 heavy (non-hydrogen) atoms. The minimum Gasteiger partial charge on any atom is -0.438 e. The monoisotopic (exact) mass is 256 g/mol. The van der Waals surface area contributed by atoms with Gasteiger partial charge in [0.15, 0.2) is 6.39 Å². The van der Waals surface area contributed by atoms with E-state index >= 15 is 0 Å². The third-order valence-corrected chi connectivity index (χ3v) is 2.14. The van der Waals surface area contributed by atoms with Gasteiger partial charge in [-0.2, -0.15) is 13.2 Å². The number of anilines is 1. The minimum atomic E-state index is -4.54. The Morgan fingerprint density at radius 3 is 2.61 bits per heavy atom. The summed E-state index contributed by atoms with van der Waals surface area (Å²) >= 11 is 0. The number of nitrogens with one attached hydrogen (secondary N) is 1. The van der Waals surface area contributed by atoms with E-state index in [0.29, 0.717) is 0 Å². The molecule has 0 aliphatic rings. The van der Waals surface area contributed by atoms with Crippen LogP contribution in [0.25, 0.3) is 0 Å². The summed E-state index contributed by atoms with van der Waals surface area (Å²) in [7, 11) is 0. The number of alkyl halides is 3. The molecule has 0 saturated heterocycles. The Morgan fingerprint density at radius 2 is 2.00 bits per heavy atom. The number of benzene rings is 1. The van der Waals surface area contributed by atoms with Gasteiger partial charge in [0.1, 0.15) is 0 Å². The predicted molar refractivity (Wildman–Crippen MR) is 55.9 cm³/mol. The molecule has 1 N–H and O–H groups in total. The fourth-order valence-electron chi connectivity index (χ4n) is 1.35. The molecule has 7 heteroatoms. The molecular formula is C11H7F3N2O2. The van der Waals surface area contributed by atoms with Crippen LogP contribution in [-0.4, -0.2) is 10.9 Å². The van der Waals surface area contributed by atoms with E-state index in [0.717, 1.165) is 24.7 Å². The van der Waals surface area contributed by atoms with Crippen LogP contribution in [0.2, 0.25) is 0 Å². The molecular weight excluding hydrogens is 249 g/mol. The molecule has 0 aliphatic carbocycles. The van der Waals surface area contributed by atoms with E-state index in [9.17, 15) is 18.0 Å². The number of para-hydroxylation sites is 1. The Morgan fingerprint density at radius 1 is 1.28 bits per heavy atom. The quantitative estimate of drug-likeness (QED) is 0.898. The van der Waals surface area contributed by atoms with Crippen LogP contribution in [0, 0.1) is 0 Å². The lowest BCUT2D eigenvalue weighted by Crippen LogP contribution is -2.16. The summed E-state index contributed by atoms with van der Waals surface area (Å²) in [5.74, 6) is -0.948. The fourth-order valence-corrected chi connectivity index (χ4v) is 1.35. The van der Waals surface area contributed by atoms with Crippen molar-refractivity contribution in [2.45, 2.75) is 6.18 Å². The normalized spacial score (nSPS) is 11.3. The molecule has 94 valence electrons. The van der Waals surface area contributed by atoms with Gasteiger partial charge in [0, 0.05) is 0 Å². The van der Waals surface area contributed by atoms with E-state index in [1.165, 1.54) is 12.1 Å². The highest BCUT2D eigenvalue weighted by molar-refractivity contribution is 6.02. The van der Waals surface area contributed by atoms with Gasteiger partial charge in [-0.05, 0) is 12.1 Å². The summed E-state index contributed by atoms with van der Waals surface area (Å²) in [5.41, 5.74) is -1.25. The lowest BCUT2D eigenvalue weighted by Gasteiger charge is -2.12. The van der Waals surface area contributed by atoms with Crippen LogP contribution in [0.4, 0.5) is 18.9 Å². The number of halogens is 3. The Bertz CT molecular complexity index is 550. The Labute approximate surface area is 99.4 Å². The van der Waals surface area contributed by atoms with Crippen molar-refractivity contribution >= 4 is 11.6 Å². The van der Waals surface area contributed by atoms with E-state index < -0.39 is 17.6 Å². The first kappa shape index (κ1) is 12.2. The molecule has 0 atom stereocenters. The zero-order valence-electron chi connectivity index (χ0n) is 8.86. The van der Waals surface area contributed by atoms with Gasteiger partial charge >= 0.3 is 6.18 Å². The molecule has 2 aromatic rings. The maximum absolute atomic E-state index is 12.7. The Balaban J connectivity index is 2.27. The molecule has 0 saturated carbocycles. The van der Waals surface area contributed by atoms with Crippen LogP contribution < -0.4 is 5.32 Å². The lowest BCUT2D eigenvalue weighted by atomic mass is 10.1.